The topological polar surface area (TPSA) is 40.5 Å². The Balaban J connectivity index is 2.52. The van der Waals surface area contributed by atoms with Gasteiger partial charge in [-0.1, -0.05) is 0 Å². The third kappa shape index (κ3) is 2.16. The maximum absolute atomic E-state index is 11.3. The van der Waals surface area contributed by atoms with Gasteiger partial charge in [0.25, 0.3) is 0 Å². The van der Waals surface area contributed by atoms with Crippen LogP contribution in [0.5, 0.6) is 0 Å². The molecule has 1 N–H and O–H groups in total. The normalized spacial score (nSPS) is 15.5. The molecule has 1 aromatic rings. The molecular formula is C12H14INO2. The summed E-state index contributed by atoms with van der Waals surface area (Å²) in [5.74, 6) is -0.830. The summed E-state index contributed by atoms with van der Waals surface area (Å²) in [6, 6.07) is 3.80. The number of carboxylic acids is 1. The van der Waals surface area contributed by atoms with E-state index >= 15 is 0 Å². The van der Waals surface area contributed by atoms with Crippen molar-refractivity contribution in [2.24, 2.45) is 0 Å². The first kappa shape index (κ1) is 11.7. The van der Waals surface area contributed by atoms with Gasteiger partial charge in [0, 0.05) is 16.7 Å². The van der Waals surface area contributed by atoms with Crippen LogP contribution in [-0.4, -0.2) is 24.2 Å². The molecule has 1 heterocycles. The van der Waals surface area contributed by atoms with Crippen LogP contribution in [0.4, 0.5) is 5.69 Å². The van der Waals surface area contributed by atoms with Crippen LogP contribution in [0, 0.1) is 10.5 Å². The predicted octanol–water partition coefficient (Wildman–Crippen LogP) is 2.90. The van der Waals surface area contributed by atoms with Gasteiger partial charge in [-0.15, -0.1) is 0 Å². The van der Waals surface area contributed by atoms with E-state index in [4.69, 9.17) is 0 Å². The summed E-state index contributed by atoms with van der Waals surface area (Å²) in [5, 5.41) is 9.24. The van der Waals surface area contributed by atoms with E-state index < -0.39 is 5.97 Å². The van der Waals surface area contributed by atoms with Gasteiger partial charge < -0.3 is 10.0 Å². The number of aryl methyl sites for hydroxylation is 1. The summed E-state index contributed by atoms with van der Waals surface area (Å²) in [6.45, 7) is 3.94. The van der Waals surface area contributed by atoms with Crippen molar-refractivity contribution in [3.63, 3.8) is 0 Å². The lowest BCUT2D eigenvalue weighted by molar-refractivity contribution is 0.0697. The molecule has 0 bridgehead atoms. The van der Waals surface area contributed by atoms with Crippen molar-refractivity contribution in [1.29, 1.82) is 0 Å². The van der Waals surface area contributed by atoms with E-state index in [9.17, 15) is 9.90 Å². The third-order valence-electron chi connectivity index (χ3n) is 2.92. The van der Waals surface area contributed by atoms with E-state index in [1.807, 2.05) is 13.0 Å². The zero-order valence-electron chi connectivity index (χ0n) is 9.16. The Morgan fingerprint density at radius 2 is 2.00 bits per heavy atom. The number of carbonyl (C=O) groups is 1. The van der Waals surface area contributed by atoms with Gasteiger partial charge in [0.05, 0.1) is 11.3 Å². The molecule has 1 fully saturated rings. The minimum Gasteiger partial charge on any atom is -0.478 e. The predicted molar refractivity (Wildman–Crippen MR) is 72.3 cm³/mol. The molecule has 0 unspecified atom stereocenters. The number of aromatic carboxylic acids is 1. The highest BCUT2D eigenvalue weighted by Gasteiger charge is 2.21. The van der Waals surface area contributed by atoms with Gasteiger partial charge in [0.1, 0.15) is 0 Å². The molecule has 0 radical (unpaired) electrons. The van der Waals surface area contributed by atoms with Gasteiger partial charge >= 0.3 is 5.97 Å². The summed E-state index contributed by atoms with van der Waals surface area (Å²) >= 11 is 2.16. The van der Waals surface area contributed by atoms with Crippen LogP contribution in [0.25, 0.3) is 0 Å². The number of benzene rings is 1. The number of anilines is 1. The Morgan fingerprint density at radius 1 is 1.38 bits per heavy atom. The Hall–Kier alpha value is -0.780. The van der Waals surface area contributed by atoms with Gasteiger partial charge in [-0.25, -0.2) is 4.79 Å². The van der Waals surface area contributed by atoms with Crippen molar-refractivity contribution in [2.45, 2.75) is 19.8 Å². The summed E-state index contributed by atoms with van der Waals surface area (Å²) in [7, 11) is 0. The fourth-order valence-electron chi connectivity index (χ4n) is 2.26. The van der Waals surface area contributed by atoms with Gasteiger partial charge in [0.15, 0.2) is 0 Å². The molecule has 1 aromatic carbocycles. The molecule has 0 saturated carbocycles. The summed E-state index contributed by atoms with van der Waals surface area (Å²) < 4.78 is 0.982. The molecular weight excluding hydrogens is 317 g/mol. The molecule has 2 rings (SSSR count). The van der Waals surface area contributed by atoms with Crippen molar-refractivity contribution < 1.29 is 9.90 Å². The Labute approximate surface area is 109 Å². The second-order valence-corrected chi connectivity index (χ2v) is 5.36. The minimum atomic E-state index is -0.830. The lowest BCUT2D eigenvalue weighted by Crippen LogP contribution is -2.22. The minimum absolute atomic E-state index is 0.436. The summed E-state index contributed by atoms with van der Waals surface area (Å²) in [6.07, 6.45) is 2.31. The lowest BCUT2D eigenvalue weighted by atomic mass is 10.1. The van der Waals surface area contributed by atoms with Crippen LogP contribution in [-0.2, 0) is 0 Å². The maximum Gasteiger partial charge on any atom is 0.337 e. The fraction of sp³-hybridized carbons (Fsp3) is 0.417. The second-order valence-electron chi connectivity index (χ2n) is 4.12. The maximum atomic E-state index is 11.3. The zero-order valence-corrected chi connectivity index (χ0v) is 11.3. The SMILES string of the molecule is Cc1cc(I)cc(C(=O)O)c1N1CCCC1. The molecule has 0 aliphatic carbocycles. The average molecular weight is 331 g/mol. The zero-order chi connectivity index (χ0) is 11.7. The first-order valence-corrected chi connectivity index (χ1v) is 6.46. The van der Waals surface area contributed by atoms with E-state index in [0.29, 0.717) is 5.56 Å². The monoisotopic (exact) mass is 331 g/mol. The molecule has 3 nitrogen and oxygen atoms in total. The number of carboxylic acid groups (broad SMARTS) is 1. The van der Waals surface area contributed by atoms with Crippen molar-refractivity contribution in [2.75, 3.05) is 18.0 Å². The first-order chi connectivity index (χ1) is 7.59. The van der Waals surface area contributed by atoms with Crippen LogP contribution >= 0.6 is 22.6 Å². The van der Waals surface area contributed by atoms with Crippen LogP contribution in [0.1, 0.15) is 28.8 Å². The molecule has 86 valence electrons. The molecule has 1 aliphatic rings. The molecule has 1 saturated heterocycles. The van der Waals surface area contributed by atoms with Gasteiger partial charge in [-0.2, -0.15) is 0 Å². The van der Waals surface area contributed by atoms with E-state index in [-0.39, 0.29) is 0 Å². The highest BCUT2D eigenvalue weighted by Crippen LogP contribution is 2.30. The van der Waals surface area contributed by atoms with Crippen LogP contribution in [0.2, 0.25) is 0 Å². The van der Waals surface area contributed by atoms with Gasteiger partial charge in [-0.05, 0) is 60.1 Å². The van der Waals surface area contributed by atoms with Gasteiger partial charge in [0.2, 0.25) is 0 Å². The number of hydrogen-bond acceptors (Lipinski definition) is 2. The lowest BCUT2D eigenvalue weighted by Gasteiger charge is -2.22. The Morgan fingerprint density at radius 3 is 2.56 bits per heavy atom. The molecule has 16 heavy (non-hydrogen) atoms. The van der Waals surface area contributed by atoms with Crippen LogP contribution in [0.15, 0.2) is 12.1 Å². The van der Waals surface area contributed by atoms with E-state index in [0.717, 1.165) is 40.8 Å². The van der Waals surface area contributed by atoms with Crippen molar-refractivity contribution in [1.82, 2.24) is 0 Å². The Bertz CT molecular complexity index is 425. The quantitative estimate of drug-likeness (QED) is 0.847. The molecule has 0 atom stereocenters. The largest absolute Gasteiger partial charge is 0.478 e. The number of rotatable bonds is 2. The third-order valence-corrected chi connectivity index (χ3v) is 3.54. The average Bonchev–Trinajstić information content (AvgIpc) is 2.69. The molecule has 1 aliphatic heterocycles. The molecule has 0 aromatic heterocycles. The van der Waals surface area contributed by atoms with Crippen LogP contribution < -0.4 is 4.90 Å². The van der Waals surface area contributed by atoms with E-state index in [2.05, 4.69) is 27.5 Å². The van der Waals surface area contributed by atoms with Crippen molar-refractivity contribution >= 4 is 34.2 Å². The molecule has 4 heteroatoms. The van der Waals surface area contributed by atoms with Crippen molar-refractivity contribution in [3.8, 4) is 0 Å². The second kappa shape index (κ2) is 4.61. The standard InChI is InChI=1S/C12H14INO2/c1-8-6-9(13)7-10(12(15)16)11(8)14-4-2-3-5-14/h6-7H,2-5H2,1H3,(H,15,16). The van der Waals surface area contributed by atoms with Crippen molar-refractivity contribution in [3.05, 3.63) is 26.8 Å². The van der Waals surface area contributed by atoms with E-state index in [1.165, 1.54) is 0 Å². The summed E-state index contributed by atoms with van der Waals surface area (Å²) in [4.78, 5) is 13.4. The van der Waals surface area contributed by atoms with Gasteiger partial charge in [-0.3, -0.25) is 0 Å². The smallest absolute Gasteiger partial charge is 0.337 e. The highest BCUT2D eigenvalue weighted by atomic mass is 127. The van der Waals surface area contributed by atoms with E-state index in [1.54, 1.807) is 6.07 Å². The first-order valence-electron chi connectivity index (χ1n) is 5.38. The summed E-state index contributed by atoms with van der Waals surface area (Å²) in [5.41, 5.74) is 2.41. The fourth-order valence-corrected chi connectivity index (χ4v) is 3.04. The van der Waals surface area contributed by atoms with Crippen LogP contribution in [0.3, 0.4) is 0 Å². The number of nitrogens with zero attached hydrogens (tertiary/aromatic N) is 1. The Kier molecular flexibility index (Phi) is 3.37. The number of hydrogen-bond donors (Lipinski definition) is 1. The number of halogens is 1. The molecule has 0 spiro atoms. The highest BCUT2D eigenvalue weighted by molar-refractivity contribution is 14.1. The molecule has 0 amide bonds.